The molecule has 2 atom stereocenters. The van der Waals surface area contributed by atoms with Gasteiger partial charge in [0.2, 0.25) is 5.91 Å². The van der Waals surface area contributed by atoms with E-state index in [0.29, 0.717) is 19.0 Å². The van der Waals surface area contributed by atoms with Crippen LogP contribution in [-0.4, -0.2) is 41.5 Å². The third kappa shape index (κ3) is 3.62. The van der Waals surface area contributed by atoms with Crippen LogP contribution in [0.25, 0.3) is 0 Å². The van der Waals surface area contributed by atoms with Gasteiger partial charge in [-0.25, -0.2) is 4.39 Å². The molecule has 7 heteroatoms. The number of carbonyl (C=O) groups excluding carboxylic acids is 1. The minimum atomic E-state index is -0.318. The van der Waals surface area contributed by atoms with E-state index in [1.807, 2.05) is 0 Å². The number of nitrogens with one attached hydrogen (secondary N) is 2. The average molecular weight is 305 g/mol. The molecule has 1 fully saturated rings. The normalized spacial score (nSPS) is 20.8. The van der Waals surface area contributed by atoms with Crippen LogP contribution < -0.4 is 10.1 Å². The van der Waals surface area contributed by atoms with Crippen molar-refractivity contribution in [2.75, 3.05) is 13.2 Å². The van der Waals surface area contributed by atoms with Crippen LogP contribution in [0.1, 0.15) is 5.56 Å². The highest BCUT2D eigenvalue weighted by Gasteiger charge is 2.31. The Bertz CT molecular complexity index is 615. The fourth-order valence-electron chi connectivity index (χ4n) is 2.31. The molecule has 22 heavy (non-hydrogen) atoms. The number of hydrogen-bond donors (Lipinski definition) is 2. The molecule has 1 aromatic carbocycles. The average Bonchev–Trinajstić information content (AvgIpc) is 3.15. The highest BCUT2D eigenvalue weighted by molar-refractivity contribution is 5.79. The van der Waals surface area contributed by atoms with E-state index in [-0.39, 0.29) is 30.3 Å². The summed E-state index contributed by atoms with van der Waals surface area (Å²) in [6.07, 6.45) is 3.13. The maximum atomic E-state index is 12.8. The van der Waals surface area contributed by atoms with E-state index in [4.69, 9.17) is 9.47 Å². The zero-order valence-corrected chi connectivity index (χ0v) is 11.8. The summed E-state index contributed by atoms with van der Waals surface area (Å²) in [6, 6.07) is 5.65. The molecule has 0 radical (unpaired) electrons. The van der Waals surface area contributed by atoms with Crippen molar-refractivity contribution in [1.82, 2.24) is 15.5 Å². The molecule has 2 N–H and O–H groups in total. The number of aromatic amines is 1. The number of rotatable bonds is 5. The quantitative estimate of drug-likeness (QED) is 0.866. The largest absolute Gasteiger partial charge is 0.482 e. The monoisotopic (exact) mass is 305 g/mol. The lowest BCUT2D eigenvalue weighted by Gasteiger charge is -2.19. The molecule has 0 saturated carbocycles. The molecule has 3 rings (SSSR count). The Morgan fingerprint density at radius 3 is 2.95 bits per heavy atom. The Morgan fingerprint density at radius 2 is 2.23 bits per heavy atom. The molecule has 1 aliphatic rings. The summed E-state index contributed by atoms with van der Waals surface area (Å²) in [6.45, 7) is 0.810. The standard InChI is InChI=1S/C15H16FN3O3/c16-11-3-1-10(2-4-11)5-15(20)19-13-8-21-9-14(13)22-12-6-17-18-7-12/h1-4,6-7,13-14H,5,8-9H2,(H,17,18)(H,19,20)/t13-,14+/m0/s1. The summed E-state index contributed by atoms with van der Waals surface area (Å²) >= 11 is 0. The molecular weight excluding hydrogens is 289 g/mol. The van der Waals surface area contributed by atoms with Gasteiger partial charge < -0.3 is 14.8 Å². The smallest absolute Gasteiger partial charge is 0.224 e. The molecule has 1 aromatic heterocycles. The summed E-state index contributed by atoms with van der Waals surface area (Å²) in [5.74, 6) is 0.137. The van der Waals surface area contributed by atoms with Crippen LogP contribution in [-0.2, 0) is 16.0 Å². The number of ether oxygens (including phenoxy) is 2. The lowest BCUT2D eigenvalue weighted by molar-refractivity contribution is -0.121. The molecule has 0 aliphatic carbocycles. The SMILES string of the molecule is O=C(Cc1ccc(F)cc1)N[C@H]1COC[C@H]1Oc1cn[nH]c1. The highest BCUT2D eigenvalue weighted by Crippen LogP contribution is 2.15. The number of carbonyl (C=O) groups is 1. The van der Waals surface area contributed by atoms with E-state index in [9.17, 15) is 9.18 Å². The second-order valence-corrected chi connectivity index (χ2v) is 5.11. The Morgan fingerprint density at radius 1 is 1.41 bits per heavy atom. The molecule has 6 nitrogen and oxygen atoms in total. The second kappa shape index (κ2) is 6.57. The van der Waals surface area contributed by atoms with Crippen molar-refractivity contribution in [2.24, 2.45) is 0 Å². The highest BCUT2D eigenvalue weighted by atomic mass is 19.1. The van der Waals surface area contributed by atoms with Crippen LogP contribution in [0.15, 0.2) is 36.7 Å². The predicted octanol–water partition coefficient (Wildman–Crippen LogP) is 1.05. The minimum Gasteiger partial charge on any atom is -0.482 e. The van der Waals surface area contributed by atoms with E-state index in [1.54, 1.807) is 24.5 Å². The lowest BCUT2D eigenvalue weighted by atomic mass is 10.1. The van der Waals surface area contributed by atoms with Crippen molar-refractivity contribution >= 4 is 5.91 Å². The van der Waals surface area contributed by atoms with Gasteiger partial charge in [-0.05, 0) is 17.7 Å². The summed E-state index contributed by atoms with van der Waals surface area (Å²) < 4.78 is 23.9. The van der Waals surface area contributed by atoms with Crippen LogP contribution >= 0.6 is 0 Å². The third-order valence-electron chi connectivity index (χ3n) is 3.41. The van der Waals surface area contributed by atoms with E-state index >= 15 is 0 Å². The molecule has 1 aliphatic heterocycles. The molecule has 2 heterocycles. The molecule has 1 amide bonds. The fraction of sp³-hybridized carbons (Fsp3) is 0.333. The number of nitrogens with zero attached hydrogens (tertiary/aromatic N) is 1. The van der Waals surface area contributed by atoms with Crippen molar-refractivity contribution in [3.63, 3.8) is 0 Å². The van der Waals surface area contributed by atoms with Crippen LogP contribution in [0.4, 0.5) is 4.39 Å². The van der Waals surface area contributed by atoms with Gasteiger partial charge >= 0.3 is 0 Å². The van der Waals surface area contributed by atoms with Crippen molar-refractivity contribution in [1.29, 1.82) is 0 Å². The van der Waals surface area contributed by atoms with E-state index in [0.717, 1.165) is 5.56 Å². The minimum absolute atomic E-state index is 0.150. The van der Waals surface area contributed by atoms with Gasteiger partial charge in [0.05, 0.1) is 38.1 Å². The van der Waals surface area contributed by atoms with Crippen LogP contribution in [0, 0.1) is 5.82 Å². The van der Waals surface area contributed by atoms with Crippen molar-refractivity contribution in [2.45, 2.75) is 18.6 Å². The number of halogens is 1. The first kappa shape index (κ1) is 14.5. The Hall–Kier alpha value is -2.41. The van der Waals surface area contributed by atoms with Crippen LogP contribution in [0.2, 0.25) is 0 Å². The Labute approximate surface area is 126 Å². The zero-order valence-electron chi connectivity index (χ0n) is 11.8. The van der Waals surface area contributed by atoms with E-state index in [1.165, 1.54) is 12.1 Å². The molecule has 0 bridgehead atoms. The first-order valence-corrected chi connectivity index (χ1v) is 6.98. The number of benzene rings is 1. The first-order chi connectivity index (χ1) is 10.7. The van der Waals surface area contributed by atoms with Gasteiger partial charge in [0, 0.05) is 0 Å². The number of aromatic nitrogens is 2. The third-order valence-corrected chi connectivity index (χ3v) is 3.41. The summed E-state index contributed by atoms with van der Waals surface area (Å²) in [7, 11) is 0. The Kier molecular flexibility index (Phi) is 4.34. The maximum Gasteiger partial charge on any atom is 0.224 e. The van der Waals surface area contributed by atoms with Gasteiger partial charge in [-0.15, -0.1) is 0 Å². The van der Waals surface area contributed by atoms with Crippen molar-refractivity contribution in [3.05, 3.63) is 48.0 Å². The van der Waals surface area contributed by atoms with Crippen LogP contribution in [0.3, 0.4) is 0 Å². The number of H-pyrrole nitrogens is 1. The molecule has 0 spiro atoms. The molecule has 0 unspecified atom stereocenters. The lowest BCUT2D eigenvalue weighted by Crippen LogP contribution is -2.45. The second-order valence-electron chi connectivity index (χ2n) is 5.11. The van der Waals surface area contributed by atoms with E-state index in [2.05, 4.69) is 15.5 Å². The topological polar surface area (TPSA) is 76.2 Å². The molecular formula is C15H16FN3O3. The molecule has 2 aromatic rings. The first-order valence-electron chi connectivity index (χ1n) is 6.98. The van der Waals surface area contributed by atoms with Gasteiger partial charge in [0.25, 0.3) is 0 Å². The van der Waals surface area contributed by atoms with Crippen LogP contribution in [0.5, 0.6) is 5.75 Å². The van der Waals surface area contributed by atoms with Crippen molar-refractivity contribution in [3.8, 4) is 5.75 Å². The maximum absolute atomic E-state index is 12.8. The summed E-state index contributed by atoms with van der Waals surface area (Å²) in [4.78, 5) is 12.1. The van der Waals surface area contributed by atoms with Crippen molar-refractivity contribution < 1.29 is 18.7 Å². The molecule has 116 valence electrons. The van der Waals surface area contributed by atoms with Gasteiger partial charge in [0.15, 0.2) is 5.75 Å². The van der Waals surface area contributed by atoms with Gasteiger partial charge in [-0.1, -0.05) is 12.1 Å². The fourth-order valence-corrected chi connectivity index (χ4v) is 2.31. The Balaban J connectivity index is 1.54. The molecule has 1 saturated heterocycles. The van der Waals surface area contributed by atoms with E-state index < -0.39 is 0 Å². The van der Waals surface area contributed by atoms with Gasteiger partial charge in [-0.3, -0.25) is 9.89 Å². The zero-order chi connectivity index (χ0) is 15.4. The number of amides is 1. The van der Waals surface area contributed by atoms with Gasteiger partial charge in [-0.2, -0.15) is 5.10 Å². The van der Waals surface area contributed by atoms with Gasteiger partial charge in [0.1, 0.15) is 11.9 Å². The summed E-state index contributed by atoms with van der Waals surface area (Å²) in [5.41, 5.74) is 0.755. The predicted molar refractivity (Wildman–Crippen MR) is 75.9 cm³/mol. The summed E-state index contributed by atoms with van der Waals surface area (Å²) in [5, 5.41) is 9.36. The number of hydrogen-bond acceptors (Lipinski definition) is 4.